The Hall–Kier alpha value is -3.79. The summed E-state index contributed by atoms with van der Waals surface area (Å²) in [4.78, 5) is 22.7. The molecule has 30 heavy (non-hydrogen) atoms. The summed E-state index contributed by atoms with van der Waals surface area (Å²) in [5.74, 6) is -1.12. The Morgan fingerprint density at radius 1 is 1.03 bits per heavy atom. The lowest BCUT2D eigenvalue weighted by Crippen LogP contribution is -2.26. The molecule has 0 atom stereocenters. The molecule has 0 radical (unpaired) electrons. The average Bonchev–Trinajstić information content (AvgIpc) is 2.74. The molecule has 0 aliphatic rings. The van der Waals surface area contributed by atoms with Crippen LogP contribution in [0.4, 0.5) is 21.5 Å². The monoisotopic (exact) mass is 429 g/mol. The number of rotatable bonds is 6. The zero-order chi connectivity index (χ0) is 21.9. The number of non-ortho nitro benzene ring substituents is 1. The first-order valence-corrected chi connectivity index (χ1v) is 10.0. The number of amides is 1. The van der Waals surface area contributed by atoms with Crippen molar-refractivity contribution in [1.82, 2.24) is 0 Å². The number of hydrogen-bond acceptors (Lipinski definition) is 5. The van der Waals surface area contributed by atoms with Crippen LogP contribution in [-0.2, 0) is 10.0 Å². The highest BCUT2D eigenvalue weighted by Crippen LogP contribution is 2.23. The molecule has 0 aliphatic heterocycles. The first-order chi connectivity index (χ1) is 14.2. The van der Waals surface area contributed by atoms with Gasteiger partial charge < -0.3 is 5.32 Å². The Labute approximate surface area is 171 Å². The predicted molar refractivity (Wildman–Crippen MR) is 109 cm³/mol. The van der Waals surface area contributed by atoms with Gasteiger partial charge in [-0.1, -0.05) is 12.1 Å². The lowest BCUT2D eigenvalue weighted by Gasteiger charge is -2.19. The molecule has 3 rings (SSSR count). The van der Waals surface area contributed by atoms with Crippen LogP contribution in [0.5, 0.6) is 0 Å². The Morgan fingerprint density at radius 2 is 1.70 bits per heavy atom. The van der Waals surface area contributed by atoms with Gasteiger partial charge in [0.15, 0.2) is 0 Å². The van der Waals surface area contributed by atoms with Crippen LogP contribution in [0.15, 0.2) is 77.7 Å². The van der Waals surface area contributed by atoms with Gasteiger partial charge in [-0.05, 0) is 48.5 Å². The normalized spacial score (nSPS) is 11.0. The second-order valence-corrected chi connectivity index (χ2v) is 8.21. The maximum absolute atomic E-state index is 13.1. The van der Waals surface area contributed by atoms with Gasteiger partial charge in [-0.25, -0.2) is 12.8 Å². The van der Waals surface area contributed by atoms with Crippen molar-refractivity contribution in [2.24, 2.45) is 0 Å². The average molecular weight is 429 g/mol. The van der Waals surface area contributed by atoms with Gasteiger partial charge in [0.1, 0.15) is 5.82 Å². The van der Waals surface area contributed by atoms with Crippen LogP contribution in [0.1, 0.15) is 10.4 Å². The molecular formula is C20H16FN3O5S. The zero-order valence-electron chi connectivity index (χ0n) is 15.7. The number of nitrogens with zero attached hydrogens (tertiary/aromatic N) is 2. The first-order valence-electron chi connectivity index (χ1n) is 8.59. The van der Waals surface area contributed by atoms with Crippen LogP contribution < -0.4 is 9.62 Å². The molecule has 0 saturated heterocycles. The zero-order valence-corrected chi connectivity index (χ0v) is 16.5. The molecule has 0 spiro atoms. The Kier molecular flexibility index (Phi) is 5.79. The Balaban J connectivity index is 1.86. The van der Waals surface area contributed by atoms with E-state index in [1.807, 2.05) is 0 Å². The SMILES string of the molecule is CN(c1ccc(F)cc1)S(=O)(=O)c1cccc(C(=O)Nc2cccc([N+](=O)[O-])c2)c1. The molecule has 0 unspecified atom stereocenters. The van der Waals surface area contributed by atoms with E-state index in [4.69, 9.17) is 0 Å². The van der Waals surface area contributed by atoms with Crippen molar-refractivity contribution in [3.8, 4) is 0 Å². The van der Waals surface area contributed by atoms with Gasteiger partial charge in [-0.2, -0.15) is 0 Å². The summed E-state index contributed by atoms with van der Waals surface area (Å²) in [6.07, 6.45) is 0. The lowest BCUT2D eigenvalue weighted by atomic mass is 10.2. The van der Waals surface area contributed by atoms with Crippen molar-refractivity contribution < 1.29 is 22.5 Å². The van der Waals surface area contributed by atoms with Crippen LogP contribution in [0.25, 0.3) is 0 Å². The molecule has 0 saturated carbocycles. The molecule has 8 nitrogen and oxygen atoms in total. The van der Waals surface area contributed by atoms with Gasteiger partial charge in [-0.15, -0.1) is 0 Å². The van der Waals surface area contributed by atoms with E-state index in [0.29, 0.717) is 0 Å². The molecule has 0 aromatic heterocycles. The molecule has 0 bridgehead atoms. The third kappa shape index (κ3) is 4.44. The highest BCUT2D eigenvalue weighted by Gasteiger charge is 2.22. The molecule has 154 valence electrons. The highest BCUT2D eigenvalue weighted by atomic mass is 32.2. The molecule has 0 heterocycles. The third-order valence-corrected chi connectivity index (χ3v) is 6.04. The molecule has 10 heteroatoms. The minimum absolute atomic E-state index is 0.0510. The van der Waals surface area contributed by atoms with Crippen molar-refractivity contribution in [2.75, 3.05) is 16.7 Å². The van der Waals surface area contributed by atoms with Crippen LogP contribution in [-0.4, -0.2) is 26.3 Å². The van der Waals surface area contributed by atoms with Gasteiger partial charge in [-0.3, -0.25) is 19.2 Å². The summed E-state index contributed by atoms with van der Waals surface area (Å²) in [7, 11) is -2.69. The van der Waals surface area contributed by atoms with Gasteiger partial charge >= 0.3 is 0 Å². The molecule has 1 amide bonds. The minimum atomic E-state index is -4.01. The quantitative estimate of drug-likeness (QED) is 0.473. The lowest BCUT2D eigenvalue weighted by molar-refractivity contribution is -0.384. The minimum Gasteiger partial charge on any atom is -0.322 e. The smallest absolute Gasteiger partial charge is 0.271 e. The summed E-state index contributed by atoms with van der Waals surface area (Å²) in [5.41, 5.74) is 0.314. The largest absolute Gasteiger partial charge is 0.322 e. The second kappa shape index (κ2) is 8.29. The standard InChI is InChI=1S/C20H16FN3O5S/c1-23(17-10-8-15(21)9-11-17)30(28,29)19-7-2-4-14(12-19)20(25)22-16-5-3-6-18(13-16)24(26)27/h2-13H,1H3,(H,22,25). The van der Waals surface area contributed by atoms with Crippen LogP contribution in [0.3, 0.4) is 0 Å². The summed E-state index contributed by atoms with van der Waals surface area (Å²) < 4.78 is 39.9. The number of nitrogens with one attached hydrogen (secondary N) is 1. The van der Waals surface area contributed by atoms with Crippen LogP contribution in [0.2, 0.25) is 0 Å². The molecular weight excluding hydrogens is 413 g/mol. The van der Waals surface area contributed by atoms with E-state index in [-0.39, 0.29) is 27.5 Å². The van der Waals surface area contributed by atoms with Gasteiger partial charge in [0, 0.05) is 30.4 Å². The number of carbonyl (C=O) groups is 1. The topological polar surface area (TPSA) is 110 Å². The van der Waals surface area contributed by atoms with Crippen LogP contribution >= 0.6 is 0 Å². The molecule has 3 aromatic rings. The van der Waals surface area contributed by atoms with Crippen molar-refractivity contribution in [1.29, 1.82) is 0 Å². The highest BCUT2D eigenvalue weighted by molar-refractivity contribution is 7.92. The first kappa shape index (κ1) is 20.9. The number of nitro benzene ring substituents is 1. The van der Waals surface area contributed by atoms with Crippen molar-refractivity contribution in [3.63, 3.8) is 0 Å². The third-order valence-electron chi connectivity index (χ3n) is 4.26. The van der Waals surface area contributed by atoms with E-state index in [1.54, 1.807) is 0 Å². The van der Waals surface area contributed by atoms with Gasteiger partial charge in [0.05, 0.1) is 15.5 Å². The summed E-state index contributed by atoms with van der Waals surface area (Å²) in [5, 5.41) is 13.4. The number of hydrogen-bond donors (Lipinski definition) is 1. The Morgan fingerprint density at radius 3 is 2.37 bits per heavy atom. The van der Waals surface area contributed by atoms with Crippen molar-refractivity contribution >= 4 is 33.0 Å². The fourth-order valence-electron chi connectivity index (χ4n) is 2.65. The molecule has 1 N–H and O–H groups in total. The number of anilines is 2. The summed E-state index contributed by atoms with van der Waals surface area (Å²) >= 11 is 0. The van der Waals surface area contributed by atoms with E-state index in [1.165, 1.54) is 67.7 Å². The van der Waals surface area contributed by atoms with E-state index in [9.17, 15) is 27.7 Å². The Bertz CT molecular complexity index is 1210. The number of halogens is 1. The van der Waals surface area contributed by atoms with E-state index >= 15 is 0 Å². The number of benzene rings is 3. The molecule has 3 aromatic carbocycles. The number of nitro groups is 1. The maximum atomic E-state index is 13.1. The van der Waals surface area contributed by atoms with E-state index in [0.717, 1.165) is 16.4 Å². The van der Waals surface area contributed by atoms with Crippen LogP contribution in [0, 0.1) is 15.9 Å². The second-order valence-electron chi connectivity index (χ2n) is 6.24. The van der Waals surface area contributed by atoms with Crippen molar-refractivity contribution in [3.05, 3.63) is 94.3 Å². The molecule has 0 fully saturated rings. The molecule has 0 aliphatic carbocycles. The summed E-state index contributed by atoms with van der Waals surface area (Å²) in [6, 6.07) is 15.7. The maximum Gasteiger partial charge on any atom is 0.271 e. The van der Waals surface area contributed by atoms with E-state index in [2.05, 4.69) is 5.32 Å². The predicted octanol–water partition coefficient (Wildman–Crippen LogP) is 3.81. The fourth-order valence-corrected chi connectivity index (χ4v) is 3.89. The van der Waals surface area contributed by atoms with Gasteiger partial charge in [0.25, 0.3) is 21.6 Å². The van der Waals surface area contributed by atoms with E-state index < -0.39 is 26.7 Å². The number of sulfonamides is 1. The fraction of sp³-hybridized carbons (Fsp3) is 0.0500. The summed E-state index contributed by atoms with van der Waals surface area (Å²) in [6.45, 7) is 0. The van der Waals surface area contributed by atoms with Crippen molar-refractivity contribution in [2.45, 2.75) is 4.90 Å². The number of carbonyl (C=O) groups excluding carboxylic acids is 1. The van der Waals surface area contributed by atoms with Gasteiger partial charge in [0.2, 0.25) is 0 Å².